The molecule has 15 nitrogen and oxygen atoms in total. The molecule has 0 aliphatic carbocycles. The van der Waals surface area contributed by atoms with E-state index in [9.17, 15) is 19.2 Å². The number of amides is 2. The minimum absolute atomic E-state index is 0.283. The van der Waals surface area contributed by atoms with E-state index >= 15 is 0 Å². The molecule has 204 valence electrons. The van der Waals surface area contributed by atoms with Crippen LogP contribution in [-0.2, 0) is 52.3 Å². The predicted molar refractivity (Wildman–Crippen MR) is 117 cm³/mol. The fourth-order valence-electron chi connectivity index (χ4n) is 2.07. The molecule has 0 spiro atoms. The first-order valence-corrected chi connectivity index (χ1v) is 10.9. The molecule has 0 heterocycles. The Labute approximate surface area is 203 Å². The zero-order valence-electron chi connectivity index (χ0n) is 19.7. The minimum atomic E-state index is -1.13. The van der Waals surface area contributed by atoms with Crippen LogP contribution in [-0.4, -0.2) is 140 Å². The van der Waals surface area contributed by atoms with Crippen LogP contribution in [0.25, 0.3) is 0 Å². The number of carbonyl (C=O) groups excluding carboxylic acids is 2. The molecule has 0 radical (unpaired) electrons. The number of carbonyl (C=O) groups is 4. The summed E-state index contributed by atoms with van der Waals surface area (Å²) >= 11 is 0. The number of hydrogen-bond acceptors (Lipinski definition) is 11. The van der Waals surface area contributed by atoms with Gasteiger partial charge in [-0.1, -0.05) is 0 Å². The van der Waals surface area contributed by atoms with Gasteiger partial charge in [0.25, 0.3) is 0 Å². The van der Waals surface area contributed by atoms with E-state index in [0.29, 0.717) is 66.1 Å². The quantitative estimate of drug-likeness (QED) is 0.0888. The van der Waals surface area contributed by atoms with E-state index in [4.69, 9.17) is 33.9 Å². The molecule has 0 saturated carbocycles. The van der Waals surface area contributed by atoms with Crippen LogP contribution in [0.3, 0.4) is 0 Å². The lowest BCUT2D eigenvalue weighted by Gasteiger charge is -2.09. The lowest BCUT2D eigenvalue weighted by molar-refractivity contribution is -0.145. The standard InChI is InChI=1S/C20H36N2O13/c23-17(13-34-15-19(25)26)21-1-3-29-5-7-31-9-11-33-12-10-32-8-6-30-4-2-22-18(24)14-35-16-20(27)28/h1-16H2,(H,21,23)(H,22,24)(H,25,26)(H,27,28). The maximum atomic E-state index is 11.3. The SMILES string of the molecule is O=C(O)COCC(=O)NCCOCCOCCOCCOCCOCCNC(=O)COCC(=O)O. The van der Waals surface area contributed by atoms with Gasteiger partial charge in [0.2, 0.25) is 11.8 Å². The van der Waals surface area contributed by atoms with Gasteiger partial charge in [0, 0.05) is 13.1 Å². The second kappa shape index (κ2) is 24.7. The Bertz CT molecular complexity index is 529. The average Bonchev–Trinajstić information content (AvgIpc) is 2.80. The highest BCUT2D eigenvalue weighted by Crippen LogP contribution is 1.84. The predicted octanol–water partition coefficient (Wildman–Crippen LogP) is -2.50. The summed E-state index contributed by atoms with van der Waals surface area (Å²) in [7, 11) is 0. The molecular weight excluding hydrogens is 476 g/mol. The van der Waals surface area contributed by atoms with E-state index in [1.54, 1.807) is 0 Å². The molecule has 0 rings (SSSR count). The van der Waals surface area contributed by atoms with Gasteiger partial charge in [-0.05, 0) is 0 Å². The van der Waals surface area contributed by atoms with Gasteiger partial charge in [0.1, 0.15) is 26.4 Å². The molecule has 15 heteroatoms. The average molecular weight is 513 g/mol. The highest BCUT2D eigenvalue weighted by molar-refractivity contribution is 5.78. The van der Waals surface area contributed by atoms with Crippen molar-refractivity contribution < 1.29 is 62.5 Å². The van der Waals surface area contributed by atoms with Gasteiger partial charge < -0.3 is 54.0 Å². The highest BCUT2D eigenvalue weighted by Gasteiger charge is 2.04. The van der Waals surface area contributed by atoms with Crippen LogP contribution in [0.5, 0.6) is 0 Å². The van der Waals surface area contributed by atoms with Crippen molar-refractivity contribution in [2.45, 2.75) is 0 Å². The highest BCUT2D eigenvalue weighted by atomic mass is 16.6. The molecule has 4 N–H and O–H groups in total. The molecule has 0 aliphatic rings. The first kappa shape index (κ1) is 32.6. The molecular formula is C20H36N2O13. The Balaban J connectivity index is 3.18. The summed E-state index contributed by atoms with van der Waals surface area (Å²) in [5.41, 5.74) is 0. The summed E-state index contributed by atoms with van der Waals surface area (Å²) in [6.45, 7) is 2.57. The zero-order valence-corrected chi connectivity index (χ0v) is 19.7. The molecule has 0 atom stereocenters. The molecule has 2 amide bonds. The van der Waals surface area contributed by atoms with Gasteiger partial charge in [0.15, 0.2) is 0 Å². The normalized spacial score (nSPS) is 10.7. The van der Waals surface area contributed by atoms with Crippen molar-refractivity contribution in [2.75, 3.05) is 106 Å². The number of rotatable bonds is 26. The van der Waals surface area contributed by atoms with Crippen molar-refractivity contribution in [1.29, 1.82) is 0 Å². The number of aliphatic carboxylic acids is 2. The Hall–Kier alpha value is -2.40. The van der Waals surface area contributed by atoms with E-state index in [-0.39, 0.29) is 26.3 Å². The fraction of sp³-hybridized carbons (Fsp3) is 0.800. The summed E-state index contributed by atoms with van der Waals surface area (Å²) in [5.74, 6) is -3.10. The third-order valence-corrected chi connectivity index (χ3v) is 3.54. The molecule has 0 aliphatic heterocycles. The van der Waals surface area contributed by atoms with Gasteiger partial charge >= 0.3 is 11.9 Å². The van der Waals surface area contributed by atoms with E-state index in [1.807, 2.05) is 0 Å². The van der Waals surface area contributed by atoms with Crippen molar-refractivity contribution in [2.24, 2.45) is 0 Å². The van der Waals surface area contributed by atoms with E-state index in [0.717, 1.165) is 0 Å². The van der Waals surface area contributed by atoms with Crippen LogP contribution in [0.15, 0.2) is 0 Å². The number of hydrogen-bond donors (Lipinski definition) is 4. The molecule has 0 aromatic heterocycles. The second-order valence-corrected chi connectivity index (χ2v) is 6.53. The molecule has 0 bridgehead atoms. The van der Waals surface area contributed by atoms with E-state index in [2.05, 4.69) is 20.1 Å². The van der Waals surface area contributed by atoms with Gasteiger partial charge in [-0.15, -0.1) is 0 Å². The van der Waals surface area contributed by atoms with Gasteiger partial charge in [-0.25, -0.2) is 9.59 Å². The number of ether oxygens (including phenoxy) is 7. The summed E-state index contributed by atoms with van der Waals surface area (Å²) in [4.78, 5) is 43.0. The van der Waals surface area contributed by atoms with Crippen molar-refractivity contribution in [3.63, 3.8) is 0 Å². The summed E-state index contributed by atoms with van der Waals surface area (Å²) in [5, 5.41) is 21.8. The Morgan fingerprint density at radius 3 is 1.00 bits per heavy atom. The lowest BCUT2D eigenvalue weighted by Crippen LogP contribution is -2.31. The first-order chi connectivity index (χ1) is 16.9. The van der Waals surface area contributed by atoms with Crippen LogP contribution < -0.4 is 10.6 Å². The second-order valence-electron chi connectivity index (χ2n) is 6.53. The molecule has 0 fully saturated rings. The van der Waals surface area contributed by atoms with Crippen LogP contribution >= 0.6 is 0 Å². The third-order valence-electron chi connectivity index (χ3n) is 3.54. The Kier molecular flexibility index (Phi) is 23.0. The molecule has 0 aromatic rings. The van der Waals surface area contributed by atoms with E-state index < -0.39 is 37.0 Å². The first-order valence-electron chi connectivity index (χ1n) is 10.9. The monoisotopic (exact) mass is 512 g/mol. The van der Waals surface area contributed by atoms with Crippen molar-refractivity contribution in [3.05, 3.63) is 0 Å². The molecule has 35 heavy (non-hydrogen) atoms. The maximum Gasteiger partial charge on any atom is 0.329 e. The Morgan fingerprint density at radius 1 is 0.429 bits per heavy atom. The zero-order chi connectivity index (χ0) is 26.0. The van der Waals surface area contributed by atoms with Gasteiger partial charge in [-0.3, -0.25) is 9.59 Å². The topological polar surface area (TPSA) is 197 Å². The van der Waals surface area contributed by atoms with Crippen LogP contribution in [0, 0.1) is 0 Å². The molecule has 0 saturated heterocycles. The third kappa shape index (κ3) is 27.7. The Morgan fingerprint density at radius 2 is 0.714 bits per heavy atom. The maximum absolute atomic E-state index is 11.3. The van der Waals surface area contributed by atoms with Gasteiger partial charge in [0.05, 0.1) is 66.1 Å². The van der Waals surface area contributed by atoms with Crippen LogP contribution in [0.2, 0.25) is 0 Å². The summed E-state index contributed by atoms with van der Waals surface area (Å²) in [6, 6.07) is 0. The molecule has 0 aromatic carbocycles. The summed E-state index contributed by atoms with van der Waals surface area (Å²) < 4.78 is 35.8. The van der Waals surface area contributed by atoms with E-state index in [1.165, 1.54) is 0 Å². The lowest BCUT2D eigenvalue weighted by atomic mass is 10.6. The largest absolute Gasteiger partial charge is 0.480 e. The number of carboxylic acid groups (broad SMARTS) is 2. The van der Waals surface area contributed by atoms with Crippen molar-refractivity contribution in [1.82, 2.24) is 10.6 Å². The van der Waals surface area contributed by atoms with Crippen molar-refractivity contribution >= 4 is 23.8 Å². The summed E-state index contributed by atoms with van der Waals surface area (Å²) in [6.07, 6.45) is 0. The van der Waals surface area contributed by atoms with Crippen LogP contribution in [0.4, 0.5) is 0 Å². The fourth-order valence-corrected chi connectivity index (χ4v) is 2.07. The van der Waals surface area contributed by atoms with Crippen molar-refractivity contribution in [3.8, 4) is 0 Å². The molecule has 0 unspecified atom stereocenters. The minimum Gasteiger partial charge on any atom is -0.480 e. The smallest absolute Gasteiger partial charge is 0.329 e. The van der Waals surface area contributed by atoms with Crippen LogP contribution in [0.1, 0.15) is 0 Å². The number of nitrogens with one attached hydrogen (secondary N) is 2. The van der Waals surface area contributed by atoms with Gasteiger partial charge in [-0.2, -0.15) is 0 Å². The number of carboxylic acids is 2.